The molecule has 1 aliphatic rings. The molecule has 3 rings (SSSR count). The Bertz CT molecular complexity index is 785. The average molecular weight is 350 g/mol. The zero-order valence-corrected chi connectivity index (χ0v) is 15.5. The summed E-state index contributed by atoms with van der Waals surface area (Å²) in [4.78, 5) is 27.2. The predicted octanol–water partition coefficient (Wildman–Crippen LogP) is 4.30. The molecule has 26 heavy (non-hydrogen) atoms. The third-order valence-corrected chi connectivity index (χ3v) is 5.00. The van der Waals surface area contributed by atoms with Gasteiger partial charge in [-0.25, -0.2) is 0 Å². The van der Waals surface area contributed by atoms with Crippen molar-refractivity contribution < 1.29 is 9.59 Å². The van der Waals surface area contributed by atoms with Crippen molar-refractivity contribution in [3.63, 3.8) is 0 Å². The number of nitrogens with one attached hydrogen (secondary N) is 1. The standard InChI is InChI=1S/C22H26N2O2/c1-3-16-9-7-10-17(4-2)20(16)23-21(25)18-11-8-12-19(15-18)22(26)24-13-5-6-14-24/h7-12,15H,3-6,13-14H2,1-2H3,(H,23,25). The quantitative estimate of drug-likeness (QED) is 0.874. The molecular formula is C22H26N2O2. The molecular weight excluding hydrogens is 324 g/mol. The van der Waals surface area contributed by atoms with Crippen LogP contribution >= 0.6 is 0 Å². The molecule has 1 N–H and O–H groups in total. The Morgan fingerprint density at radius 2 is 1.50 bits per heavy atom. The number of hydrogen-bond donors (Lipinski definition) is 1. The van der Waals surface area contributed by atoms with Gasteiger partial charge in [0.1, 0.15) is 0 Å². The molecule has 0 atom stereocenters. The number of amides is 2. The normalized spacial score (nSPS) is 13.7. The molecule has 0 aliphatic carbocycles. The first-order valence-corrected chi connectivity index (χ1v) is 9.45. The molecule has 1 heterocycles. The number of carbonyl (C=O) groups is 2. The van der Waals surface area contributed by atoms with Crippen LogP contribution in [0, 0.1) is 0 Å². The zero-order chi connectivity index (χ0) is 18.5. The van der Waals surface area contributed by atoms with Gasteiger partial charge in [-0.15, -0.1) is 0 Å². The van der Waals surface area contributed by atoms with Crippen LogP contribution < -0.4 is 5.32 Å². The van der Waals surface area contributed by atoms with E-state index in [-0.39, 0.29) is 11.8 Å². The van der Waals surface area contributed by atoms with Gasteiger partial charge >= 0.3 is 0 Å². The summed E-state index contributed by atoms with van der Waals surface area (Å²) in [7, 11) is 0. The Balaban J connectivity index is 1.83. The van der Waals surface area contributed by atoms with Crippen LogP contribution in [-0.2, 0) is 12.8 Å². The van der Waals surface area contributed by atoms with E-state index in [4.69, 9.17) is 0 Å². The van der Waals surface area contributed by atoms with Gasteiger partial charge in [0.05, 0.1) is 0 Å². The first-order valence-electron chi connectivity index (χ1n) is 9.45. The Labute approximate surface area is 155 Å². The second-order valence-electron chi connectivity index (χ2n) is 6.69. The van der Waals surface area contributed by atoms with Crippen LogP contribution in [0.2, 0.25) is 0 Å². The fourth-order valence-corrected chi connectivity index (χ4v) is 3.49. The Morgan fingerprint density at radius 3 is 2.12 bits per heavy atom. The SMILES string of the molecule is CCc1cccc(CC)c1NC(=O)c1cccc(C(=O)N2CCCC2)c1. The Kier molecular flexibility index (Phi) is 5.71. The molecule has 4 heteroatoms. The van der Waals surface area contributed by atoms with Gasteiger partial charge in [-0.1, -0.05) is 38.1 Å². The van der Waals surface area contributed by atoms with Crippen molar-refractivity contribution in [1.82, 2.24) is 4.90 Å². The summed E-state index contributed by atoms with van der Waals surface area (Å²) in [6, 6.07) is 13.2. The second-order valence-corrected chi connectivity index (χ2v) is 6.69. The van der Waals surface area contributed by atoms with Crippen molar-refractivity contribution in [1.29, 1.82) is 0 Å². The molecule has 0 radical (unpaired) electrons. The average Bonchev–Trinajstić information content (AvgIpc) is 3.22. The highest BCUT2D eigenvalue weighted by Crippen LogP contribution is 2.23. The maximum Gasteiger partial charge on any atom is 0.255 e. The van der Waals surface area contributed by atoms with E-state index in [9.17, 15) is 9.59 Å². The summed E-state index contributed by atoms with van der Waals surface area (Å²) in [5.41, 5.74) is 4.25. The topological polar surface area (TPSA) is 49.4 Å². The number of hydrogen-bond acceptors (Lipinski definition) is 2. The van der Waals surface area contributed by atoms with E-state index in [1.807, 2.05) is 23.1 Å². The van der Waals surface area contributed by atoms with E-state index in [1.165, 1.54) is 0 Å². The van der Waals surface area contributed by atoms with Crippen molar-refractivity contribution in [3.05, 3.63) is 64.7 Å². The van der Waals surface area contributed by atoms with Gasteiger partial charge in [0.2, 0.25) is 0 Å². The molecule has 1 saturated heterocycles. The minimum atomic E-state index is -0.170. The van der Waals surface area contributed by atoms with Crippen LogP contribution in [0.15, 0.2) is 42.5 Å². The lowest BCUT2D eigenvalue weighted by atomic mass is 10.0. The summed E-state index contributed by atoms with van der Waals surface area (Å²) in [5.74, 6) is -0.156. The van der Waals surface area contributed by atoms with Crippen molar-refractivity contribution in [2.45, 2.75) is 39.5 Å². The molecule has 2 aromatic rings. The second kappa shape index (κ2) is 8.17. The fraction of sp³-hybridized carbons (Fsp3) is 0.364. The largest absolute Gasteiger partial charge is 0.339 e. The number of rotatable bonds is 5. The van der Waals surface area contributed by atoms with Crippen molar-refractivity contribution in [2.24, 2.45) is 0 Å². The van der Waals surface area contributed by atoms with Gasteiger partial charge in [-0.2, -0.15) is 0 Å². The third kappa shape index (κ3) is 3.79. The molecule has 0 unspecified atom stereocenters. The maximum atomic E-state index is 12.8. The van der Waals surface area contributed by atoms with Crippen molar-refractivity contribution in [3.8, 4) is 0 Å². The molecule has 0 saturated carbocycles. The summed E-state index contributed by atoms with van der Waals surface area (Å²) >= 11 is 0. The van der Waals surface area contributed by atoms with Gasteiger partial charge in [-0.05, 0) is 55.0 Å². The lowest BCUT2D eigenvalue weighted by Gasteiger charge is -2.16. The summed E-state index contributed by atoms with van der Waals surface area (Å²) in [6.45, 7) is 5.78. The van der Waals surface area contributed by atoms with Crippen LogP contribution in [0.1, 0.15) is 58.5 Å². The highest BCUT2D eigenvalue weighted by Gasteiger charge is 2.20. The number of para-hydroxylation sites is 1. The number of benzene rings is 2. The number of nitrogens with zero attached hydrogens (tertiary/aromatic N) is 1. The van der Waals surface area contributed by atoms with E-state index < -0.39 is 0 Å². The first-order chi connectivity index (χ1) is 12.6. The van der Waals surface area contributed by atoms with E-state index in [0.717, 1.165) is 55.6 Å². The molecule has 1 fully saturated rings. The van der Waals surface area contributed by atoms with Crippen LogP contribution in [0.25, 0.3) is 0 Å². The highest BCUT2D eigenvalue weighted by molar-refractivity contribution is 6.06. The van der Waals surface area contributed by atoms with Gasteiger partial charge < -0.3 is 10.2 Å². The molecule has 2 aromatic carbocycles. The number of likely N-dealkylation sites (tertiary alicyclic amines) is 1. The fourth-order valence-electron chi connectivity index (χ4n) is 3.49. The van der Waals surface area contributed by atoms with E-state index in [1.54, 1.807) is 24.3 Å². The molecule has 2 amide bonds. The van der Waals surface area contributed by atoms with Crippen molar-refractivity contribution >= 4 is 17.5 Å². The Morgan fingerprint density at radius 1 is 0.923 bits per heavy atom. The maximum absolute atomic E-state index is 12.8. The summed E-state index contributed by atoms with van der Waals surface area (Å²) in [5, 5.41) is 3.07. The van der Waals surface area contributed by atoms with Crippen LogP contribution in [-0.4, -0.2) is 29.8 Å². The monoisotopic (exact) mass is 350 g/mol. The van der Waals surface area contributed by atoms with E-state index >= 15 is 0 Å². The van der Waals surface area contributed by atoms with Gasteiger partial charge in [0.25, 0.3) is 11.8 Å². The number of carbonyl (C=O) groups excluding carboxylic acids is 2. The third-order valence-electron chi connectivity index (χ3n) is 5.00. The molecule has 0 bridgehead atoms. The molecule has 136 valence electrons. The van der Waals surface area contributed by atoms with Crippen LogP contribution in [0.5, 0.6) is 0 Å². The van der Waals surface area contributed by atoms with E-state index in [0.29, 0.717) is 11.1 Å². The lowest BCUT2D eigenvalue weighted by Crippen LogP contribution is -2.27. The number of anilines is 1. The van der Waals surface area contributed by atoms with Crippen LogP contribution in [0.4, 0.5) is 5.69 Å². The minimum absolute atomic E-state index is 0.0142. The molecule has 4 nitrogen and oxygen atoms in total. The van der Waals surface area contributed by atoms with Gasteiger partial charge in [-0.3, -0.25) is 9.59 Å². The van der Waals surface area contributed by atoms with E-state index in [2.05, 4.69) is 19.2 Å². The number of aryl methyl sites for hydroxylation is 2. The summed E-state index contributed by atoms with van der Waals surface area (Å²) in [6.07, 6.45) is 3.83. The summed E-state index contributed by atoms with van der Waals surface area (Å²) < 4.78 is 0. The molecule has 0 aromatic heterocycles. The molecule has 0 spiro atoms. The smallest absolute Gasteiger partial charge is 0.255 e. The zero-order valence-electron chi connectivity index (χ0n) is 15.5. The minimum Gasteiger partial charge on any atom is -0.339 e. The van der Waals surface area contributed by atoms with Crippen LogP contribution in [0.3, 0.4) is 0 Å². The Hall–Kier alpha value is -2.62. The molecule has 1 aliphatic heterocycles. The van der Waals surface area contributed by atoms with Gasteiger partial charge in [0.15, 0.2) is 0 Å². The predicted molar refractivity (Wildman–Crippen MR) is 105 cm³/mol. The first kappa shape index (κ1) is 18.2. The van der Waals surface area contributed by atoms with Crippen molar-refractivity contribution in [2.75, 3.05) is 18.4 Å². The lowest BCUT2D eigenvalue weighted by molar-refractivity contribution is 0.0793. The highest BCUT2D eigenvalue weighted by atomic mass is 16.2. The van der Waals surface area contributed by atoms with Gasteiger partial charge in [0, 0.05) is 29.9 Å².